The molecule has 0 heterocycles. The van der Waals surface area contributed by atoms with E-state index in [1.54, 1.807) is 0 Å². The quantitative estimate of drug-likeness (QED) is 0.592. The van der Waals surface area contributed by atoms with Crippen molar-refractivity contribution in [1.29, 1.82) is 0 Å². The molecule has 0 amide bonds. The first-order valence-corrected chi connectivity index (χ1v) is 6.54. The fourth-order valence-electron chi connectivity index (χ4n) is 1.92. The van der Waals surface area contributed by atoms with Crippen molar-refractivity contribution in [3.8, 4) is 5.75 Å². The lowest BCUT2D eigenvalue weighted by molar-refractivity contribution is -0.134. The summed E-state index contributed by atoms with van der Waals surface area (Å²) in [5.41, 5.74) is 2.40. The molecule has 1 rings (SSSR count). The molecule has 0 N–H and O–H groups in total. The SMILES string of the molecule is CCCc1c(CN(C)C)cccc1OC(=O)CC.Cl. The maximum absolute atomic E-state index is 11.4. The van der Waals surface area contributed by atoms with E-state index in [4.69, 9.17) is 4.74 Å². The van der Waals surface area contributed by atoms with Crippen molar-refractivity contribution in [2.75, 3.05) is 14.1 Å². The van der Waals surface area contributed by atoms with Crippen LogP contribution in [0.15, 0.2) is 18.2 Å². The number of rotatable bonds is 6. The van der Waals surface area contributed by atoms with Crippen molar-refractivity contribution in [3.05, 3.63) is 29.3 Å². The molecule has 0 unspecified atom stereocenters. The van der Waals surface area contributed by atoms with Crippen LogP contribution in [0.25, 0.3) is 0 Å². The minimum absolute atomic E-state index is 0. The van der Waals surface area contributed by atoms with Gasteiger partial charge in [-0.1, -0.05) is 32.4 Å². The van der Waals surface area contributed by atoms with Gasteiger partial charge in [0.1, 0.15) is 5.75 Å². The predicted octanol–water partition coefficient (Wildman–Crippen LogP) is 3.44. The minimum Gasteiger partial charge on any atom is -0.426 e. The van der Waals surface area contributed by atoms with E-state index in [-0.39, 0.29) is 18.4 Å². The van der Waals surface area contributed by atoms with E-state index in [9.17, 15) is 4.79 Å². The van der Waals surface area contributed by atoms with Gasteiger partial charge >= 0.3 is 5.97 Å². The van der Waals surface area contributed by atoms with Crippen molar-refractivity contribution >= 4 is 18.4 Å². The molecule has 0 radical (unpaired) electrons. The highest BCUT2D eigenvalue weighted by Gasteiger charge is 2.12. The summed E-state index contributed by atoms with van der Waals surface area (Å²) < 4.78 is 5.41. The zero-order valence-corrected chi connectivity index (χ0v) is 13.0. The van der Waals surface area contributed by atoms with E-state index in [0.29, 0.717) is 6.42 Å². The summed E-state index contributed by atoms with van der Waals surface area (Å²) in [5.74, 6) is 0.553. The lowest BCUT2D eigenvalue weighted by Crippen LogP contribution is -2.14. The third kappa shape index (κ3) is 5.62. The Morgan fingerprint density at radius 2 is 1.95 bits per heavy atom. The van der Waals surface area contributed by atoms with Crippen molar-refractivity contribution in [2.24, 2.45) is 0 Å². The van der Waals surface area contributed by atoms with Crippen molar-refractivity contribution in [3.63, 3.8) is 0 Å². The monoisotopic (exact) mass is 285 g/mol. The summed E-state index contributed by atoms with van der Waals surface area (Å²) in [5, 5.41) is 0. The molecule has 0 fully saturated rings. The van der Waals surface area contributed by atoms with E-state index in [0.717, 1.165) is 30.7 Å². The molecular weight excluding hydrogens is 262 g/mol. The first-order chi connectivity index (χ1) is 8.58. The molecule has 0 saturated carbocycles. The fourth-order valence-corrected chi connectivity index (χ4v) is 1.92. The largest absolute Gasteiger partial charge is 0.426 e. The molecular formula is C15H24ClNO2. The number of nitrogens with zero attached hydrogens (tertiary/aromatic N) is 1. The van der Waals surface area contributed by atoms with Gasteiger partial charge in [-0.15, -0.1) is 12.4 Å². The summed E-state index contributed by atoms with van der Waals surface area (Å²) in [6.45, 7) is 4.82. The Hall–Kier alpha value is -1.06. The molecule has 1 aromatic rings. The Morgan fingerprint density at radius 3 is 2.47 bits per heavy atom. The molecule has 0 saturated heterocycles. The van der Waals surface area contributed by atoms with Gasteiger partial charge in [-0.2, -0.15) is 0 Å². The number of carbonyl (C=O) groups excluding carboxylic acids is 1. The van der Waals surface area contributed by atoms with Gasteiger partial charge in [-0.25, -0.2) is 0 Å². The lowest BCUT2D eigenvalue weighted by atomic mass is 10.0. The van der Waals surface area contributed by atoms with Crippen molar-refractivity contribution < 1.29 is 9.53 Å². The smallest absolute Gasteiger partial charge is 0.310 e. The minimum atomic E-state index is -0.172. The van der Waals surface area contributed by atoms with Gasteiger partial charge in [-0.3, -0.25) is 4.79 Å². The van der Waals surface area contributed by atoms with E-state index in [1.165, 1.54) is 5.56 Å². The van der Waals surface area contributed by atoms with Crippen LogP contribution in [0.4, 0.5) is 0 Å². The van der Waals surface area contributed by atoms with Gasteiger partial charge in [0.15, 0.2) is 0 Å². The van der Waals surface area contributed by atoms with Gasteiger partial charge in [0.05, 0.1) is 0 Å². The highest BCUT2D eigenvalue weighted by atomic mass is 35.5. The first-order valence-electron chi connectivity index (χ1n) is 6.54. The first kappa shape index (κ1) is 17.9. The van der Waals surface area contributed by atoms with Crippen LogP contribution in [0.2, 0.25) is 0 Å². The number of hydrogen-bond acceptors (Lipinski definition) is 3. The zero-order valence-electron chi connectivity index (χ0n) is 12.2. The van der Waals surface area contributed by atoms with Crippen LogP contribution in [-0.2, 0) is 17.8 Å². The Kier molecular flexibility index (Phi) is 8.44. The molecule has 19 heavy (non-hydrogen) atoms. The molecule has 0 aliphatic carbocycles. The lowest BCUT2D eigenvalue weighted by Gasteiger charge is -2.17. The molecule has 1 aromatic carbocycles. The van der Waals surface area contributed by atoms with Crippen LogP contribution in [0.1, 0.15) is 37.8 Å². The van der Waals surface area contributed by atoms with Crippen LogP contribution in [-0.4, -0.2) is 25.0 Å². The molecule has 0 aliphatic heterocycles. The third-order valence-corrected chi connectivity index (χ3v) is 2.73. The number of esters is 1. The summed E-state index contributed by atoms with van der Waals surface area (Å²) >= 11 is 0. The van der Waals surface area contributed by atoms with Crippen LogP contribution in [0.5, 0.6) is 5.75 Å². The second-order valence-corrected chi connectivity index (χ2v) is 4.71. The number of ether oxygens (including phenoxy) is 1. The number of benzene rings is 1. The predicted molar refractivity (Wildman–Crippen MR) is 81.0 cm³/mol. The molecule has 0 atom stereocenters. The summed E-state index contributed by atoms with van der Waals surface area (Å²) in [7, 11) is 4.08. The normalized spacial score (nSPS) is 10.2. The average molecular weight is 286 g/mol. The van der Waals surface area contributed by atoms with Gasteiger partial charge in [-0.05, 0) is 37.7 Å². The topological polar surface area (TPSA) is 29.5 Å². The van der Waals surface area contributed by atoms with Crippen LogP contribution < -0.4 is 4.74 Å². The summed E-state index contributed by atoms with van der Waals surface area (Å²) in [4.78, 5) is 13.6. The molecule has 4 heteroatoms. The Labute approximate surface area is 122 Å². The van der Waals surface area contributed by atoms with Gasteiger partial charge in [0, 0.05) is 13.0 Å². The van der Waals surface area contributed by atoms with Gasteiger partial charge in [0.2, 0.25) is 0 Å². The Balaban J connectivity index is 0.00000324. The maximum Gasteiger partial charge on any atom is 0.310 e. The Bertz CT molecular complexity index is 405. The molecule has 0 aliphatic rings. The van der Waals surface area contributed by atoms with Gasteiger partial charge in [0.25, 0.3) is 0 Å². The van der Waals surface area contributed by atoms with Crippen molar-refractivity contribution in [2.45, 2.75) is 39.7 Å². The molecule has 0 aromatic heterocycles. The van der Waals surface area contributed by atoms with E-state index >= 15 is 0 Å². The van der Waals surface area contributed by atoms with Crippen LogP contribution in [0.3, 0.4) is 0 Å². The highest BCUT2D eigenvalue weighted by molar-refractivity contribution is 5.85. The summed E-state index contributed by atoms with van der Waals surface area (Å²) in [6.07, 6.45) is 2.39. The molecule has 0 bridgehead atoms. The van der Waals surface area contributed by atoms with Crippen LogP contribution in [0, 0.1) is 0 Å². The molecule has 3 nitrogen and oxygen atoms in total. The maximum atomic E-state index is 11.4. The Morgan fingerprint density at radius 1 is 1.26 bits per heavy atom. The fraction of sp³-hybridized carbons (Fsp3) is 0.533. The number of hydrogen-bond donors (Lipinski definition) is 0. The van der Waals surface area contributed by atoms with E-state index < -0.39 is 0 Å². The highest BCUT2D eigenvalue weighted by Crippen LogP contribution is 2.25. The van der Waals surface area contributed by atoms with E-state index in [2.05, 4.69) is 17.9 Å². The standard InChI is InChI=1S/C15H23NO2.ClH/c1-5-8-13-12(11-16(3)4)9-7-10-14(13)18-15(17)6-2;/h7,9-10H,5-6,8,11H2,1-4H3;1H. The third-order valence-electron chi connectivity index (χ3n) is 2.73. The average Bonchev–Trinajstić information content (AvgIpc) is 2.32. The number of halogens is 1. The second kappa shape index (κ2) is 8.94. The van der Waals surface area contributed by atoms with Crippen LogP contribution >= 0.6 is 12.4 Å². The zero-order chi connectivity index (χ0) is 13.5. The van der Waals surface area contributed by atoms with Gasteiger partial charge < -0.3 is 9.64 Å². The van der Waals surface area contributed by atoms with Crippen molar-refractivity contribution in [1.82, 2.24) is 4.90 Å². The second-order valence-electron chi connectivity index (χ2n) is 4.71. The number of carbonyl (C=O) groups is 1. The molecule has 0 spiro atoms. The summed E-state index contributed by atoms with van der Waals surface area (Å²) in [6, 6.07) is 5.95. The van der Waals surface area contributed by atoms with E-state index in [1.807, 2.05) is 33.2 Å². The molecule has 108 valence electrons.